The molecule has 1 aliphatic rings. The maximum atomic E-state index is 13.0. The average molecular weight is 279 g/mol. The summed E-state index contributed by atoms with van der Waals surface area (Å²) in [5.74, 6) is -1.30. The first-order chi connectivity index (χ1) is 9.32. The number of carbonyl (C=O) groups excluding carboxylic acids is 1. The number of nitrogens with zero attached hydrogens (tertiary/aromatic N) is 1. The summed E-state index contributed by atoms with van der Waals surface area (Å²) < 4.78 is 13.0. The molecule has 1 saturated heterocycles. The summed E-state index contributed by atoms with van der Waals surface area (Å²) in [7, 11) is 0. The topological polar surface area (TPSA) is 57.6 Å². The van der Waals surface area contributed by atoms with Crippen LogP contribution in [0.15, 0.2) is 24.3 Å². The van der Waals surface area contributed by atoms with Crippen LogP contribution in [0.1, 0.15) is 38.7 Å². The molecular formula is C15H18FNO3. The van der Waals surface area contributed by atoms with Gasteiger partial charge in [-0.3, -0.25) is 9.59 Å². The standard InChI is InChI=1S/C15H18FNO3/c1-15(2,10-3-5-11(16)6-4-10)17-12(9-14(19)20)7-8-13(17)18/h3-6,12H,7-9H2,1-2H3,(H,19,20). The number of halogens is 1. The molecule has 0 bridgehead atoms. The predicted octanol–water partition coefficient (Wildman–Crippen LogP) is 2.53. The molecule has 1 aromatic rings. The summed E-state index contributed by atoms with van der Waals surface area (Å²) in [6.07, 6.45) is 0.856. The highest BCUT2D eigenvalue weighted by molar-refractivity contribution is 5.81. The van der Waals surface area contributed by atoms with E-state index in [2.05, 4.69) is 0 Å². The quantitative estimate of drug-likeness (QED) is 0.921. The molecule has 108 valence electrons. The molecular weight excluding hydrogens is 261 g/mol. The first-order valence-corrected chi connectivity index (χ1v) is 6.62. The van der Waals surface area contributed by atoms with Gasteiger partial charge in [-0.15, -0.1) is 0 Å². The van der Waals surface area contributed by atoms with Gasteiger partial charge in [0.25, 0.3) is 0 Å². The van der Waals surface area contributed by atoms with Crippen LogP contribution < -0.4 is 0 Å². The molecule has 0 radical (unpaired) electrons. The van der Waals surface area contributed by atoms with Crippen LogP contribution in [0.4, 0.5) is 4.39 Å². The number of hydrogen-bond donors (Lipinski definition) is 1. The van der Waals surface area contributed by atoms with Crippen molar-refractivity contribution in [2.75, 3.05) is 0 Å². The molecule has 1 fully saturated rings. The zero-order chi connectivity index (χ0) is 14.9. The molecule has 0 spiro atoms. The van der Waals surface area contributed by atoms with Crippen molar-refractivity contribution in [3.8, 4) is 0 Å². The molecule has 1 unspecified atom stereocenters. The van der Waals surface area contributed by atoms with Crippen molar-refractivity contribution in [1.82, 2.24) is 4.90 Å². The van der Waals surface area contributed by atoms with Gasteiger partial charge in [-0.2, -0.15) is 0 Å². The third-order valence-corrected chi connectivity index (χ3v) is 3.89. The number of carbonyl (C=O) groups is 2. The van der Waals surface area contributed by atoms with Gasteiger partial charge in [0.05, 0.1) is 12.0 Å². The fourth-order valence-corrected chi connectivity index (χ4v) is 2.90. The molecule has 20 heavy (non-hydrogen) atoms. The summed E-state index contributed by atoms with van der Waals surface area (Å²) in [6.45, 7) is 3.72. The van der Waals surface area contributed by atoms with E-state index in [1.54, 1.807) is 17.0 Å². The van der Waals surface area contributed by atoms with E-state index in [0.29, 0.717) is 12.8 Å². The third-order valence-electron chi connectivity index (χ3n) is 3.89. The Morgan fingerprint density at radius 1 is 1.40 bits per heavy atom. The van der Waals surface area contributed by atoms with E-state index >= 15 is 0 Å². The smallest absolute Gasteiger partial charge is 0.305 e. The summed E-state index contributed by atoms with van der Waals surface area (Å²) >= 11 is 0. The summed E-state index contributed by atoms with van der Waals surface area (Å²) in [6, 6.07) is 5.67. The lowest BCUT2D eigenvalue weighted by molar-refractivity contribution is -0.141. The summed E-state index contributed by atoms with van der Waals surface area (Å²) in [4.78, 5) is 24.7. The van der Waals surface area contributed by atoms with Gasteiger partial charge in [0.15, 0.2) is 0 Å². The number of carboxylic acids is 1. The zero-order valence-corrected chi connectivity index (χ0v) is 11.6. The third kappa shape index (κ3) is 2.66. The van der Waals surface area contributed by atoms with Crippen molar-refractivity contribution < 1.29 is 19.1 Å². The largest absolute Gasteiger partial charge is 0.481 e. The number of likely N-dealkylation sites (tertiary alicyclic amines) is 1. The maximum Gasteiger partial charge on any atom is 0.305 e. The first kappa shape index (κ1) is 14.5. The fraction of sp³-hybridized carbons (Fsp3) is 0.467. The second-order valence-corrected chi connectivity index (χ2v) is 5.62. The Morgan fingerprint density at radius 2 is 2.00 bits per heavy atom. The number of amides is 1. The SMILES string of the molecule is CC(C)(c1ccc(F)cc1)N1C(=O)CCC1CC(=O)O. The lowest BCUT2D eigenvalue weighted by atomic mass is 9.91. The second-order valence-electron chi connectivity index (χ2n) is 5.62. The van der Waals surface area contributed by atoms with E-state index in [4.69, 9.17) is 5.11 Å². The van der Waals surface area contributed by atoms with Crippen molar-refractivity contribution in [3.63, 3.8) is 0 Å². The van der Waals surface area contributed by atoms with Crippen LogP contribution in [0.3, 0.4) is 0 Å². The van der Waals surface area contributed by atoms with Crippen molar-refractivity contribution in [2.24, 2.45) is 0 Å². The van der Waals surface area contributed by atoms with Crippen molar-refractivity contribution in [3.05, 3.63) is 35.6 Å². The van der Waals surface area contributed by atoms with Crippen molar-refractivity contribution >= 4 is 11.9 Å². The van der Waals surface area contributed by atoms with Crippen LogP contribution in [0.5, 0.6) is 0 Å². The van der Waals surface area contributed by atoms with E-state index in [1.165, 1.54) is 12.1 Å². The van der Waals surface area contributed by atoms with Crippen molar-refractivity contribution in [2.45, 2.75) is 44.7 Å². The summed E-state index contributed by atoms with van der Waals surface area (Å²) in [5.41, 5.74) is 0.144. The Hall–Kier alpha value is -1.91. The minimum atomic E-state index is -0.912. The molecule has 4 nitrogen and oxygen atoms in total. The molecule has 1 aromatic carbocycles. The van der Waals surface area contributed by atoms with E-state index in [1.807, 2.05) is 13.8 Å². The average Bonchev–Trinajstić information content (AvgIpc) is 2.70. The number of carboxylic acid groups (broad SMARTS) is 1. The van der Waals surface area contributed by atoms with Gasteiger partial charge < -0.3 is 10.0 Å². The molecule has 0 aliphatic carbocycles. The lowest BCUT2D eigenvalue weighted by Crippen LogP contribution is -2.47. The molecule has 1 atom stereocenters. The number of rotatable bonds is 4. The van der Waals surface area contributed by atoms with Gasteiger partial charge in [0.1, 0.15) is 5.82 Å². The highest BCUT2D eigenvalue weighted by Gasteiger charge is 2.42. The van der Waals surface area contributed by atoms with E-state index in [0.717, 1.165) is 5.56 Å². The number of aliphatic carboxylic acids is 1. The normalized spacial score (nSPS) is 19.4. The van der Waals surface area contributed by atoms with Crippen LogP contribution in [0, 0.1) is 5.82 Å². The molecule has 2 rings (SSSR count). The van der Waals surface area contributed by atoms with Gasteiger partial charge >= 0.3 is 5.97 Å². The minimum Gasteiger partial charge on any atom is -0.481 e. The zero-order valence-electron chi connectivity index (χ0n) is 11.6. The second kappa shape index (κ2) is 5.23. The minimum absolute atomic E-state index is 0.0504. The number of hydrogen-bond acceptors (Lipinski definition) is 2. The monoisotopic (exact) mass is 279 g/mol. The Morgan fingerprint density at radius 3 is 2.55 bits per heavy atom. The predicted molar refractivity (Wildman–Crippen MR) is 71.5 cm³/mol. The van der Waals surface area contributed by atoms with Crippen LogP contribution in [0.2, 0.25) is 0 Å². The fourth-order valence-electron chi connectivity index (χ4n) is 2.90. The molecule has 0 aromatic heterocycles. The van der Waals surface area contributed by atoms with E-state index in [-0.39, 0.29) is 24.2 Å². The Balaban J connectivity index is 2.32. The summed E-state index contributed by atoms with van der Waals surface area (Å²) in [5, 5.41) is 8.96. The molecule has 1 N–H and O–H groups in total. The Labute approximate surface area is 117 Å². The van der Waals surface area contributed by atoms with Gasteiger partial charge in [-0.25, -0.2) is 4.39 Å². The maximum absolute atomic E-state index is 13.0. The van der Waals surface area contributed by atoms with Gasteiger partial charge in [0, 0.05) is 12.5 Å². The first-order valence-electron chi connectivity index (χ1n) is 6.62. The molecule has 1 amide bonds. The van der Waals surface area contributed by atoms with E-state index in [9.17, 15) is 14.0 Å². The highest BCUT2D eigenvalue weighted by Crippen LogP contribution is 2.36. The van der Waals surface area contributed by atoms with Crippen LogP contribution in [-0.2, 0) is 15.1 Å². The van der Waals surface area contributed by atoms with Gasteiger partial charge in [-0.1, -0.05) is 12.1 Å². The lowest BCUT2D eigenvalue weighted by Gasteiger charge is -2.40. The van der Waals surface area contributed by atoms with Gasteiger partial charge in [-0.05, 0) is 38.0 Å². The van der Waals surface area contributed by atoms with Crippen LogP contribution in [0.25, 0.3) is 0 Å². The van der Waals surface area contributed by atoms with Crippen molar-refractivity contribution in [1.29, 1.82) is 0 Å². The molecule has 1 heterocycles. The van der Waals surface area contributed by atoms with Crippen LogP contribution >= 0.6 is 0 Å². The molecule has 1 aliphatic heterocycles. The molecule has 0 saturated carbocycles. The Kier molecular flexibility index (Phi) is 3.79. The highest BCUT2D eigenvalue weighted by atomic mass is 19.1. The Bertz CT molecular complexity index is 524. The van der Waals surface area contributed by atoms with Crippen LogP contribution in [-0.4, -0.2) is 27.9 Å². The number of benzene rings is 1. The molecule has 5 heteroatoms. The van der Waals surface area contributed by atoms with E-state index < -0.39 is 11.5 Å². The van der Waals surface area contributed by atoms with Gasteiger partial charge in [0.2, 0.25) is 5.91 Å².